The molecule has 3 heterocycles. The third-order valence-electron chi connectivity index (χ3n) is 6.12. The SMILES string of the molecule is CC(=O)CN1CCC(c2cc(F)c(Nc3ncc(Cl)c(Nc4cc(C(C)(F)F)[nH]n4)n3)cc2C)CC1. The lowest BCUT2D eigenvalue weighted by Crippen LogP contribution is -2.36. The van der Waals surface area contributed by atoms with Crippen LogP contribution in [0, 0.1) is 12.7 Å². The van der Waals surface area contributed by atoms with Gasteiger partial charge in [-0.3, -0.25) is 14.8 Å². The highest BCUT2D eigenvalue weighted by atomic mass is 35.5. The van der Waals surface area contributed by atoms with Crippen LogP contribution in [0.25, 0.3) is 0 Å². The zero-order chi connectivity index (χ0) is 26.0. The van der Waals surface area contributed by atoms with Crippen LogP contribution < -0.4 is 10.6 Å². The third-order valence-corrected chi connectivity index (χ3v) is 6.39. The van der Waals surface area contributed by atoms with Gasteiger partial charge in [0.05, 0.1) is 18.4 Å². The van der Waals surface area contributed by atoms with Gasteiger partial charge in [-0.15, -0.1) is 0 Å². The number of halogens is 4. The summed E-state index contributed by atoms with van der Waals surface area (Å²) in [5.41, 5.74) is 1.71. The van der Waals surface area contributed by atoms with Crippen molar-refractivity contribution < 1.29 is 18.0 Å². The van der Waals surface area contributed by atoms with Crippen LogP contribution in [0.4, 0.5) is 36.4 Å². The van der Waals surface area contributed by atoms with Gasteiger partial charge >= 0.3 is 0 Å². The Balaban J connectivity index is 1.47. The van der Waals surface area contributed by atoms with Crippen molar-refractivity contribution in [2.45, 2.75) is 45.5 Å². The molecule has 0 aliphatic carbocycles. The molecule has 3 N–H and O–H groups in total. The number of rotatable bonds is 8. The van der Waals surface area contributed by atoms with Crippen LogP contribution in [0.2, 0.25) is 5.02 Å². The number of Topliss-reactive ketones (excluding diaryl/α,β-unsaturated/α-hetero) is 1. The van der Waals surface area contributed by atoms with Gasteiger partial charge in [0.15, 0.2) is 11.6 Å². The summed E-state index contributed by atoms with van der Waals surface area (Å²) in [5.74, 6) is -2.88. The summed E-state index contributed by atoms with van der Waals surface area (Å²) in [4.78, 5) is 21.8. The van der Waals surface area contributed by atoms with Crippen LogP contribution in [0.1, 0.15) is 49.4 Å². The van der Waals surface area contributed by atoms with Crippen LogP contribution in [-0.4, -0.2) is 50.5 Å². The maximum atomic E-state index is 15.1. The number of nitrogens with one attached hydrogen (secondary N) is 3. The quantitative estimate of drug-likeness (QED) is 0.351. The van der Waals surface area contributed by atoms with Gasteiger partial charge in [0.25, 0.3) is 5.92 Å². The number of nitrogens with zero attached hydrogens (tertiary/aromatic N) is 4. The van der Waals surface area contributed by atoms with E-state index in [-0.39, 0.29) is 45.7 Å². The van der Waals surface area contributed by atoms with Crippen LogP contribution in [0.15, 0.2) is 24.4 Å². The number of carbonyl (C=O) groups excluding carboxylic acids is 1. The predicted octanol–water partition coefficient (Wildman–Crippen LogP) is 5.67. The molecule has 0 amide bonds. The van der Waals surface area contributed by atoms with E-state index in [1.807, 2.05) is 6.92 Å². The van der Waals surface area contributed by atoms with E-state index in [2.05, 4.69) is 35.7 Å². The van der Waals surface area contributed by atoms with Crippen LogP contribution in [-0.2, 0) is 10.7 Å². The molecular weight excluding hydrogens is 495 g/mol. The second-order valence-electron chi connectivity index (χ2n) is 9.14. The number of likely N-dealkylation sites (tertiary alicyclic amines) is 1. The van der Waals surface area contributed by atoms with Gasteiger partial charge < -0.3 is 10.6 Å². The molecule has 3 aromatic rings. The summed E-state index contributed by atoms with van der Waals surface area (Å²) in [6, 6.07) is 4.40. The molecule has 1 aromatic carbocycles. The molecule has 1 aliphatic rings. The van der Waals surface area contributed by atoms with Crippen molar-refractivity contribution in [3.8, 4) is 0 Å². The highest BCUT2D eigenvalue weighted by Gasteiger charge is 2.27. The molecule has 0 unspecified atom stereocenters. The molecule has 192 valence electrons. The number of benzene rings is 1. The van der Waals surface area contributed by atoms with E-state index in [0.717, 1.165) is 50.0 Å². The van der Waals surface area contributed by atoms with E-state index < -0.39 is 11.7 Å². The number of ketones is 1. The summed E-state index contributed by atoms with van der Waals surface area (Å²) in [6.45, 7) is 6.31. The van der Waals surface area contributed by atoms with Crippen molar-refractivity contribution >= 4 is 40.7 Å². The molecule has 0 spiro atoms. The monoisotopic (exact) mass is 521 g/mol. The zero-order valence-electron chi connectivity index (χ0n) is 20.1. The minimum Gasteiger partial charge on any atom is -0.322 e. The van der Waals surface area contributed by atoms with Crippen molar-refractivity contribution in [1.29, 1.82) is 0 Å². The topological polar surface area (TPSA) is 98.8 Å². The van der Waals surface area contributed by atoms with Crippen molar-refractivity contribution in [1.82, 2.24) is 25.1 Å². The lowest BCUT2D eigenvalue weighted by atomic mass is 9.86. The smallest absolute Gasteiger partial charge is 0.286 e. The normalized spacial score (nSPS) is 15.2. The number of carbonyl (C=O) groups is 1. The number of piperidine rings is 1. The molecule has 1 aliphatic heterocycles. The van der Waals surface area contributed by atoms with E-state index in [1.165, 1.54) is 12.3 Å². The zero-order valence-corrected chi connectivity index (χ0v) is 20.9. The Bertz CT molecular complexity index is 1250. The minimum atomic E-state index is -3.08. The summed E-state index contributed by atoms with van der Waals surface area (Å²) in [7, 11) is 0. The number of alkyl halides is 2. The fraction of sp³-hybridized carbons (Fsp3) is 0.417. The Morgan fingerprint density at radius 1 is 1.25 bits per heavy atom. The van der Waals surface area contributed by atoms with E-state index in [4.69, 9.17) is 11.6 Å². The lowest BCUT2D eigenvalue weighted by molar-refractivity contribution is -0.118. The van der Waals surface area contributed by atoms with Crippen LogP contribution in [0.3, 0.4) is 0 Å². The highest BCUT2D eigenvalue weighted by molar-refractivity contribution is 6.32. The number of anilines is 4. The van der Waals surface area contributed by atoms with Gasteiger partial charge in [-0.2, -0.15) is 18.9 Å². The van der Waals surface area contributed by atoms with Crippen molar-refractivity contribution in [3.63, 3.8) is 0 Å². The molecule has 12 heteroatoms. The maximum Gasteiger partial charge on any atom is 0.286 e. The number of aromatic nitrogens is 4. The summed E-state index contributed by atoms with van der Waals surface area (Å²) >= 11 is 6.15. The summed E-state index contributed by atoms with van der Waals surface area (Å²) in [5, 5.41) is 11.8. The third kappa shape index (κ3) is 6.14. The molecular formula is C24H27ClF3N7O. The van der Waals surface area contributed by atoms with E-state index in [0.29, 0.717) is 6.54 Å². The fourth-order valence-electron chi connectivity index (χ4n) is 4.32. The predicted molar refractivity (Wildman–Crippen MR) is 132 cm³/mol. The Hall–Kier alpha value is -3.18. The maximum absolute atomic E-state index is 15.1. The van der Waals surface area contributed by atoms with Gasteiger partial charge in [0, 0.05) is 13.0 Å². The summed E-state index contributed by atoms with van der Waals surface area (Å²) in [6.07, 6.45) is 3.03. The first-order valence-electron chi connectivity index (χ1n) is 11.5. The Morgan fingerprint density at radius 3 is 2.61 bits per heavy atom. The first kappa shape index (κ1) is 25.9. The van der Waals surface area contributed by atoms with Gasteiger partial charge in [-0.1, -0.05) is 11.6 Å². The molecule has 0 saturated carbocycles. The first-order valence-corrected chi connectivity index (χ1v) is 11.9. The lowest BCUT2D eigenvalue weighted by Gasteiger charge is -2.32. The molecule has 0 atom stereocenters. The Morgan fingerprint density at radius 2 is 1.97 bits per heavy atom. The van der Waals surface area contributed by atoms with Crippen molar-refractivity contribution in [3.05, 3.63) is 52.1 Å². The number of hydrogen-bond acceptors (Lipinski definition) is 7. The average Bonchev–Trinajstić information content (AvgIpc) is 3.28. The van der Waals surface area contributed by atoms with E-state index in [1.54, 1.807) is 13.0 Å². The second kappa shape index (κ2) is 10.4. The first-order chi connectivity index (χ1) is 17.0. The Kier molecular flexibility index (Phi) is 7.51. The molecule has 2 aromatic heterocycles. The fourth-order valence-corrected chi connectivity index (χ4v) is 4.46. The van der Waals surface area contributed by atoms with Crippen molar-refractivity contribution in [2.75, 3.05) is 30.3 Å². The number of hydrogen-bond donors (Lipinski definition) is 3. The molecule has 1 saturated heterocycles. The van der Waals surface area contributed by atoms with Crippen molar-refractivity contribution in [2.24, 2.45) is 0 Å². The van der Waals surface area contributed by atoms with E-state index >= 15 is 4.39 Å². The molecule has 4 rings (SSSR count). The number of aromatic amines is 1. The average molecular weight is 522 g/mol. The molecule has 0 radical (unpaired) electrons. The molecule has 8 nitrogen and oxygen atoms in total. The Labute approximate surface area is 211 Å². The molecule has 36 heavy (non-hydrogen) atoms. The number of H-pyrrole nitrogens is 1. The van der Waals surface area contributed by atoms with Gasteiger partial charge in [0.1, 0.15) is 22.3 Å². The molecule has 0 bridgehead atoms. The van der Waals surface area contributed by atoms with Crippen LogP contribution >= 0.6 is 11.6 Å². The standard InChI is InChI=1S/C24H27ClF3N7O/c1-13-8-19(18(26)9-16(13)15-4-6-35(7-5-15)12-14(2)36)30-23-29-11-17(25)22(32-23)31-21-10-20(33-34-21)24(3,27)28/h8-11,15H,4-7,12H2,1-3H3,(H3,29,30,31,32,33,34). The second-order valence-corrected chi connectivity index (χ2v) is 9.54. The summed E-state index contributed by atoms with van der Waals surface area (Å²) < 4.78 is 42.0. The van der Waals surface area contributed by atoms with Gasteiger partial charge in [-0.25, -0.2) is 9.37 Å². The minimum absolute atomic E-state index is 0.0714. The van der Waals surface area contributed by atoms with Gasteiger partial charge in [0.2, 0.25) is 5.95 Å². The highest BCUT2D eigenvalue weighted by Crippen LogP contribution is 2.34. The molecule has 1 fully saturated rings. The number of aryl methyl sites for hydroxylation is 1. The van der Waals surface area contributed by atoms with E-state index in [9.17, 15) is 13.6 Å². The van der Waals surface area contributed by atoms with Crippen LogP contribution in [0.5, 0.6) is 0 Å². The van der Waals surface area contributed by atoms with Gasteiger partial charge in [-0.05, 0) is 69.0 Å². The largest absolute Gasteiger partial charge is 0.322 e.